The molecule has 1 aliphatic rings. The van der Waals surface area contributed by atoms with Crippen molar-refractivity contribution in [1.29, 1.82) is 0 Å². The topological polar surface area (TPSA) is 136 Å². The van der Waals surface area contributed by atoms with E-state index < -0.39 is 54.7 Å². The number of hydrogen-bond acceptors (Lipinski definition) is 10. The van der Waals surface area contributed by atoms with Gasteiger partial charge in [0.05, 0.1) is 13.2 Å². The molecule has 1 N–H and O–H groups in total. The highest BCUT2D eigenvalue weighted by Crippen LogP contribution is 2.30. The standard InChI is InChI=1S/C21H27NO10/c1-11-17(29-12(2)23)18(30-13(3)24)19(31-14(4)25)20(28-11)32-16-8-6-15(7-9-16)10-22-21(26)27-5/h6-9,11,17-20H,10H2,1-5H3,(H,22,26). The van der Waals surface area contributed by atoms with Crippen LogP contribution in [0, 0.1) is 0 Å². The maximum atomic E-state index is 11.7. The number of carbonyl (C=O) groups excluding carboxylic acids is 4. The molecular formula is C21H27NO10. The van der Waals surface area contributed by atoms with E-state index in [4.69, 9.17) is 23.7 Å². The van der Waals surface area contributed by atoms with Crippen molar-refractivity contribution in [2.75, 3.05) is 7.11 Å². The van der Waals surface area contributed by atoms with Crippen molar-refractivity contribution in [3.63, 3.8) is 0 Å². The second kappa shape index (κ2) is 11.3. The molecule has 0 radical (unpaired) electrons. The van der Waals surface area contributed by atoms with Crippen LogP contribution in [0.25, 0.3) is 0 Å². The Kier molecular flexibility index (Phi) is 8.82. The van der Waals surface area contributed by atoms with Gasteiger partial charge in [0, 0.05) is 27.3 Å². The Bertz CT molecular complexity index is 824. The summed E-state index contributed by atoms with van der Waals surface area (Å²) in [4.78, 5) is 46.1. The Labute approximate surface area is 185 Å². The van der Waals surface area contributed by atoms with E-state index in [1.807, 2.05) is 0 Å². The van der Waals surface area contributed by atoms with E-state index in [0.717, 1.165) is 5.56 Å². The third-order valence-corrected chi connectivity index (χ3v) is 4.43. The van der Waals surface area contributed by atoms with Gasteiger partial charge in [-0.2, -0.15) is 0 Å². The van der Waals surface area contributed by atoms with Gasteiger partial charge in [0.2, 0.25) is 12.4 Å². The Morgan fingerprint density at radius 2 is 1.41 bits per heavy atom. The van der Waals surface area contributed by atoms with Crippen LogP contribution >= 0.6 is 0 Å². The number of rotatable bonds is 7. The molecule has 5 unspecified atom stereocenters. The molecule has 2 rings (SSSR count). The SMILES string of the molecule is COC(=O)NCc1ccc(OC2OC(C)C(OC(C)=O)C(OC(C)=O)C2OC(C)=O)cc1. The van der Waals surface area contributed by atoms with Crippen LogP contribution < -0.4 is 10.1 Å². The van der Waals surface area contributed by atoms with Gasteiger partial charge in [0.15, 0.2) is 12.2 Å². The molecule has 0 spiro atoms. The molecule has 1 aromatic rings. The molecule has 11 heteroatoms. The molecule has 1 aliphatic heterocycles. The lowest BCUT2D eigenvalue weighted by molar-refractivity contribution is -0.280. The van der Waals surface area contributed by atoms with Gasteiger partial charge in [-0.05, 0) is 24.6 Å². The highest BCUT2D eigenvalue weighted by Gasteiger charge is 2.51. The number of nitrogens with one attached hydrogen (secondary N) is 1. The fourth-order valence-electron chi connectivity index (χ4n) is 3.13. The zero-order chi connectivity index (χ0) is 23.8. The van der Waals surface area contributed by atoms with Crippen molar-refractivity contribution in [3.8, 4) is 5.75 Å². The third kappa shape index (κ3) is 7.12. The predicted octanol–water partition coefficient (Wildman–Crippen LogP) is 1.46. The summed E-state index contributed by atoms with van der Waals surface area (Å²) in [5.41, 5.74) is 0.782. The summed E-state index contributed by atoms with van der Waals surface area (Å²) in [6.45, 7) is 5.44. The first-order chi connectivity index (χ1) is 15.1. The van der Waals surface area contributed by atoms with Crippen LogP contribution in [0.15, 0.2) is 24.3 Å². The Hall–Kier alpha value is -3.34. The fraction of sp³-hybridized carbons (Fsp3) is 0.524. The first kappa shape index (κ1) is 24.9. The molecule has 5 atom stereocenters. The molecule has 1 heterocycles. The summed E-state index contributed by atoms with van der Waals surface area (Å²) >= 11 is 0. The van der Waals surface area contributed by atoms with Crippen molar-refractivity contribution in [2.24, 2.45) is 0 Å². The Balaban J connectivity index is 2.22. The van der Waals surface area contributed by atoms with E-state index in [2.05, 4.69) is 10.1 Å². The summed E-state index contributed by atoms with van der Waals surface area (Å²) in [7, 11) is 1.27. The van der Waals surface area contributed by atoms with Crippen LogP contribution in [-0.2, 0) is 44.6 Å². The summed E-state index contributed by atoms with van der Waals surface area (Å²) in [5, 5.41) is 2.55. The first-order valence-corrected chi connectivity index (χ1v) is 9.85. The lowest BCUT2D eigenvalue weighted by atomic mass is 9.99. The maximum absolute atomic E-state index is 11.7. The normalized spacial score (nSPS) is 24.6. The van der Waals surface area contributed by atoms with Gasteiger partial charge in [-0.3, -0.25) is 14.4 Å². The van der Waals surface area contributed by atoms with Crippen molar-refractivity contribution >= 4 is 24.0 Å². The minimum Gasteiger partial charge on any atom is -0.461 e. The quantitative estimate of drug-likeness (QED) is 0.477. The van der Waals surface area contributed by atoms with Crippen LogP contribution in [0.1, 0.15) is 33.3 Å². The predicted molar refractivity (Wildman–Crippen MR) is 107 cm³/mol. The second-order valence-electron chi connectivity index (χ2n) is 7.04. The molecule has 1 amide bonds. The lowest BCUT2D eigenvalue weighted by Gasteiger charge is -2.43. The zero-order valence-corrected chi connectivity index (χ0v) is 18.5. The summed E-state index contributed by atoms with van der Waals surface area (Å²) in [5.74, 6) is -1.56. The molecule has 176 valence electrons. The van der Waals surface area contributed by atoms with Crippen molar-refractivity contribution in [1.82, 2.24) is 5.32 Å². The number of hydrogen-bond donors (Lipinski definition) is 1. The van der Waals surface area contributed by atoms with Crippen molar-refractivity contribution in [3.05, 3.63) is 29.8 Å². The van der Waals surface area contributed by atoms with Crippen LogP contribution in [0.5, 0.6) is 5.75 Å². The molecule has 1 aromatic carbocycles. The molecule has 32 heavy (non-hydrogen) atoms. The molecule has 0 bridgehead atoms. The monoisotopic (exact) mass is 453 g/mol. The Morgan fingerprint density at radius 3 is 1.94 bits per heavy atom. The van der Waals surface area contributed by atoms with Gasteiger partial charge in [-0.1, -0.05) is 12.1 Å². The molecular weight excluding hydrogens is 426 g/mol. The van der Waals surface area contributed by atoms with Crippen LogP contribution in [-0.4, -0.2) is 61.8 Å². The number of amides is 1. The molecule has 0 aromatic heterocycles. The number of esters is 3. The molecule has 11 nitrogen and oxygen atoms in total. The fourth-order valence-corrected chi connectivity index (χ4v) is 3.13. The third-order valence-electron chi connectivity index (χ3n) is 4.43. The largest absolute Gasteiger partial charge is 0.461 e. The van der Waals surface area contributed by atoms with Gasteiger partial charge in [-0.15, -0.1) is 0 Å². The van der Waals surface area contributed by atoms with E-state index in [1.54, 1.807) is 31.2 Å². The molecule has 0 aliphatic carbocycles. The lowest BCUT2D eigenvalue weighted by Crippen LogP contribution is -2.62. The maximum Gasteiger partial charge on any atom is 0.407 e. The second-order valence-corrected chi connectivity index (χ2v) is 7.04. The van der Waals surface area contributed by atoms with Gasteiger partial charge in [0.25, 0.3) is 0 Å². The number of methoxy groups -OCH3 is 1. The number of ether oxygens (including phenoxy) is 6. The van der Waals surface area contributed by atoms with Crippen molar-refractivity contribution < 1.29 is 47.6 Å². The van der Waals surface area contributed by atoms with E-state index >= 15 is 0 Å². The number of benzene rings is 1. The zero-order valence-electron chi connectivity index (χ0n) is 18.5. The van der Waals surface area contributed by atoms with E-state index in [9.17, 15) is 19.2 Å². The van der Waals surface area contributed by atoms with Crippen LogP contribution in [0.4, 0.5) is 4.79 Å². The minimum atomic E-state index is -1.20. The van der Waals surface area contributed by atoms with Gasteiger partial charge in [-0.25, -0.2) is 4.79 Å². The summed E-state index contributed by atoms with van der Waals surface area (Å²) < 4.78 is 32.1. The summed E-state index contributed by atoms with van der Waals surface area (Å²) in [6.07, 6.45) is -5.78. The number of carbonyl (C=O) groups is 4. The Morgan fingerprint density at radius 1 is 0.875 bits per heavy atom. The van der Waals surface area contributed by atoms with Gasteiger partial charge in [0.1, 0.15) is 5.75 Å². The van der Waals surface area contributed by atoms with E-state index in [-0.39, 0.29) is 6.54 Å². The van der Waals surface area contributed by atoms with Gasteiger partial charge >= 0.3 is 24.0 Å². The van der Waals surface area contributed by atoms with Crippen LogP contribution in [0.2, 0.25) is 0 Å². The highest BCUT2D eigenvalue weighted by atomic mass is 16.7. The average molecular weight is 453 g/mol. The number of alkyl carbamates (subject to hydrolysis) is 1. The van der Waals surface area contributed by atoms with Gasteiger partial charge < -0.3 is 33.7 Å². The highest BCUT2D eigenvalue weighted by molar-refractivity contribution is 5.68. The molecule has 1 fully saturated rings. The first-order valence-electron chi connectivity index (χ1n) is 9.85. The smallest absolute Gasteiger partial charge is 0.407 e. The summed E-state index contributed by atoms with van der Waals surface area (Å²) in [6, 6.07) is 6.69. The molecule has 0 saturated carbocycles. The molecule has 1 saturated heterocycles. The van der Waals surface area contributed by atoms with Crippen LogP contribution in [0.3, 0.4) is 0 Å². The van der Waals surface area contributed by atoms with E-state index in [1.165, 1.54) is 27.9 Å². The average Bonchev–Trinajstić information content (AvgIpc) is 2.71. The van der Waals surface area contributed by atoms with E-state index in [0.29, 0.717) is 5.75 Å². The minimum absolute atomic E-state index is 0.249. The van der Waals surface area contributed by atoms with Crippen molar-refractivity contribution in [2.45, 2.75) is 64.9 Å².